The Kier molecular flexibility index (Phi) is 14.3. The monoisotopic (exact) mass is 676 g/mol. The van der Waals surface area contributed by atoms with E-state index in [0.717, 1.165) is 6.42 Å². The Bertz CT molecular complexity index is 986. The molecule has 47 heavy (non-hydrogen) atoms. The molecular formula is C35H64O12. The summed E-state index contributed by atoms with van der Waals surface area (Å²) in [5, 5.41) is 56.8. The van der Waals surface area contributed by atoms with Crippen LogP contribution in [0.4, 0.5) is 0 Å². The Hall–Kier alpha value is -0.770. The number of ether oxygens (including phenoxy) is 6. The van der Waals surface area contributed by atoms with Crippen LogP contribution in [0.5, 0.6) is 0 Å². The number of Topliss-reactive ketones (excluding diaryl/α,β-unsaturated/α-hetero) is 1. The molecule has 276 valence electrons. The number of methoxy groups -OCH3 is 1. The standard InChI is InChI=1S/C35H64O12/c1-12-24-29(38)28(37)20(5)27(36)18(3)15-34(9,41)32(47-25-14-17(2)13-19(4)43-25)21(6)30(22(7)33(40)45-24)46-26-16-35(10,42-11)31(39)23(8)44-26/h17-26,28-33,37-41H,12-16H2,1-11H3/t17?,18-,19?,20+,21+,22?,23+,24-,25+,26+,28?,29-,30+,31?,32-,33?,34-,35-/m1/s1. The van der Waals surface area contributed by atoms with Crippen LogP contribution in [-0.2, 0) is 33.2 Å². The van der Waals surface area contributed by atoms with Crippen molar-refractivity contribution in [2.45, 2.75) is 180 Å². The van der Waals surface area contributed by atoms with Crippen molar-refractivity contribution >= 4 is 5.78 Å². The summed E-state index contributed by atoms with van der Waals surface area (Å²) < 4.78 is 37.3. The molecule has 18 atom stereocenters. The molecule has 0 aliphatic carbocycles. The predicted molar refractivity (Wildman–Crippen MR) is 173 cm³/mol. The van der Waals surface area contributed by atoms with Crippen LogP contribution in [-0.4, -0.2) is 117 Å². The second kappa shape index (κ2) is 16.5. The lowest BCUT2D eigenvalue weighted by Crippen LogP contribution is -2.59. The molecule has 6 unspecified atom stereocenters. The van der Waals surface area contributed by atoms with E-state index in [0.29, 0.717) is 12.3 Å². The highest BCUT2D eigenvalue weighted by atomic mass is 16.7. The fourth-order valence-corrected chi connectivity index (χ4v) is 7.97. The van der Waals surface area contributed by atoms with Gasteiger partial charge in [-0.25, -0.2) is 0 Å². The zero-order valence-electron chi connectivity index (χ0n) is 30.4. The van der Waals surface area contributed by atoms with Crippen molar-refractivity contribution in [2.24, 2.45) is 29.6 Å². The molecule has 12 heteroatoms. The van der Waals surface area contributed by atoms with E-state index in [2.05, 4.69) is 6.92 Å². The molecule has 3 fully saturated rings. The van der Waals surface area contributed by atoms with E-state index < -0.39 is 96.5 Å². The van der Waals surface area contributed by atoms with Crippen LogP contribution in [0.25, 0.3) is 0 Å². The van der Waals surface area contributed by atoms with Gasteiger partial charge in [-0.15, -0.1) is 0 Å². The molecule has 0 radical (unpaired) electrons. The third-order valence-corrected chi connectivity index (χ3v) is 11.0. The first kappa shape index (κ1) is 40.7. The minimum absolute atomic E-state index is 0.00587. The molecule has 3 aliphatic rings. The van der Waals surface area contributed by atoms with Crippen LogP contribution >= 0.6 is 0 Å². The van der Waals surface area contributed by atoms with Crippen LogP contribution in [0, 0.1) is 29.6 Å². The highest BCUT2D eigenvalue weighted by Gasteiger charge is 2.51. The number of hydrogen-bond donors (Lipinski definition) is 5. The van der Waals surface area contributed by atoms with Gasteiger partial charge < -0.3 is 54.0 Å². The molecule has 0 aromatic rings. The van der Waals surface area contributed by atoms with E-state index in [1.54, 1.807) is 48.5 Å². The van der Waals surface area contributed by atoms with Crippen LogP contribution in [0.1, 0.15) is 101 Å². The summed E-state index contributed by atoms with van der Waals surface area (Å²) in [6.45, 7) is 17.8. The van der Waals surface area contributed by atoms with Crippen molar-refractivity contribution < 1.29 is 58.7 Å². The molecule has 3 rings (SSSR count). The van der Waals surface area contributed by atoms with Gasteiger partial charge in [0.2, 0.25) is 0 Å². The zero-order valence-corrected chi connectivity index (χ0v) is 30.4. The van der Waals surface area contributed by atoms with Gasteiger partial charge in [0.15, 0.2) is 18.9 Å². The summed E-state index contributed by atoms with van der Waals surface area (Å²) in [6, 6.07) is 0. The van der Waals surface area contributed by atoms with Gasteiger partial charge in [0.05, 0.1) is 47.8 Å². The minimum atomic E-state index is -1.60. The number of hydrogen-bond acceptors (Lipinski definition) is 12. The number of aliphatic hydroxyl groups is 5. The molecule has 3 saturated heterocycles. The molecule has 0 aromatic carbocycles. The van der Waals surface area contributed by atoms with Gasteiger partial charge in [0.25, 0.3) is 0 Å². The van der Waals surface area contributed by atoms with E-state index >= 15 is 0 Å². The summed E-state index contributed by atoms with van der Waals surface area (Å²) in [7, 11) is 1.52. The summed E-state index contributed by atoms with van der Waals surface area (Å²) in [5.74, 6) is -3.07. The van der Waals surface area contributed by atoms with Crippen molar-refractivity contribution in [3.63, 3.8) is 0 Å². The molecular weight excluding hydrogens is 612 g/mol. The molecule has 0 spiro atoms. The summed E-state index contributed by atoms with van der Waals surface area (Å²) >= 11 is 0. The van der Waals surface area contributed by atoms with Gasteiger partial charge in [-0.3, -0.25) is 4.79 Å². The molecule has 3 aliphatic heterocycles. The average molecular weight is 677 g/mol. The van der Waals surface area contributed by atoms with Gasteiger partial charge >= 0.3 is 0 Å². The number of ketones is 1. The topological polar surface area (TPSA) is 174 Å². The van der Waals surface area contributed by atoms with E-state index in [4.69, 9.17) is 28.4 Å². The summed E-state index contributed by atoms with van der Waals surface area (Å²) in [4.78, 5) is 13.6. The van der Waals surface area contributed by atoms with Crippen LogP contribution in [0.3, 0.4) is 0 Å². The molecule has 3 heterocycles. The first-order chi connectivity index (χ1) is 21.8. The quantitative estimate of drug-likeness (QED) is 0.279. The predicted octanol–water partition coefficient (Wildman–Crippen LogP) is 2.92. The first-order valence-corrected chi connectivity index (χ1v) is 17.6. The molecule has 0 amide bonds. The fourth-order valence-electron chi connectivity index (χ4n) is 7.97. The second-order valence-corrected chi connectivity index (χ2v) is 15.4. The van der Waals surface area contributed by atoms with Gasteiger partial charge in [0, 0.05) is 43.6 Å². The first-order valence-electron chi connectivity index (χ1n) is 17.6. The maximum Gasteiger partial charge on any atom is 0.161 e. The van der Waals surface area contributed by atoms with Crippen molar-refractivity contribution in [3.05, 3.63) is 0 Å². The lowest BCUT2D eigenvalue weighted by atomic mass is 9.75. The lowest BCUT2D eigenvalue weighted by molar-refractivity contribution is -0.318. The van der Waals surface area contributed by atoms with Gasteiger partial charge in [-0.1, -0.05) is 41.5 Å². The van der Waals surface area contributed by atoms with Crippen molar-refractivity contribution in [1.82, 2.24) is 0 Å². The Morgan fingerprint density at radius 1 is 0.830 bits per heavy atom. The summed E-state index contributed by atoms with van der Waals surface area (Å²) in [6.07, 6.45) is -8.41. The zero-order chi connectivity index (χ0) is 35.6. The third kappa shape index (κ3) is 9.52. The van der Waals surface area contributed by atoms with Gasteiger partial charge in [-0.2, -0.15) is 0 Å². The van der Waals surface area contributed by atoms with Crippen molar-refractivity contribution in [1.29, 1.82) is 0 Å². The second-order valence-electron chi connectivity index (χ2n) is 15.4. The number of carbonyl (C=O) groups excluding carboxylic acids is 1. The molecule has 0 bridgehead atoms. The van der Waals surface area contributed by atoms with E-state index in [1.165, 1.54) is 7.11 Å². The SMILES string of the molecule is CC[C@H]1OC(O)C(C)[C@@H](O[C@H]2C[C@@](C)(OC)C(O)[C@H](C)O2)[C@H](C)[C@@H](O[C@H]2CC(C)CC(C)O2)[C@](C)(O)C[C@@H](C)C(=O)[C@H](C)C(O)[C@@H]1O. The summed E-state index contributed by atoms with van der Waals surface area (Å²) in [5.41, 5.74) is -2.58. The van der Waals surface area contributed by atoms with E-state index in [1.807, 2.05) is 13.8 Å². The Labute approximate surface area is 281 Å². The largest absolute Gasteiger partial charge is 0.390 e. The van der Waals surface area contributed by atoms with E-state index in [-0.39, 0.29) is 31.1 Å². The Morgan fingerprint density at radius 2 is 1.47 bits per heavy atom. The normalized spacial score (nSPS) is 51.4. The average Bonchev–Trinajstić information content (AvgIpc) is 3.00. The third-order valence-electron chi connectivity index (χ3n) is 11.0. The van der Waals surface area contributed by atoms with Crippen LogP contribution in [0.15, 0.2) is 0 Å². The van der Waals surface area contributed by atoms with E-state index in [9.17, 15) is 30.3 Å². The smallest absolute Gasteiger partial charge is 0.161 e. The number of carbonyl (C=O) groups is 1. The maximum atomic E-state index is 13.6. The van der Waals surface area contributed by atoms with Crippen LogP contribution in [0.2, 0.25) is 0 Å². The molecule has 12 nitrogen and oxygen atoms in total. The minimum Gasteiger partial charge on any atom is -0.390 e. The molecule has 0 saturated carbocycles. The van der Waals surface area contributed by atoms with Crippen LogP contribution < -0.4 is 0 Å². The highest BCUT2D eigenvalue weighted by molar-refractivity contribution is 5.83. The highest BCUT2D eigenvalue weighted by Crippen LogP contribution is 2.40. The van der Waals surface area contributed by atoms with Gasteiger partial charge in [0.1, 0.15) is 18.0 Å². The number of aliphatic hydroxyl groups excluding tert-OH is 4. The fraction of sp³-hybridized carbons (Fsp3) is 0.971. The molecule has 0 aromatic heterocycles. The maximum absolute atomic E-state index is 13.6. The van der Waals surface area contributed by atoms with Gasteiger partial charge in [-0.05, 0) is 52.9 Å². The Morgan fingerprint density at radius 3 is 2.04 bits per heavy atom. The number of rotatable bonds is 6. The molecule has 5 N–H and O–H groups in total. The van der Waals surface area contributed by atoms with Crippen molar-refractivity contribution in [2.75, 3.05) is 7.11 Å². The van der Waals surface area contributed by atoms with Crippen molar-refractivity contribution in [3.8, 4) is 0 Å². The Balaban J connectivity index is 2.10. The lowest BCUT2D eigenvalue weighted by Gasteiger charge is -2.48.